The average Bonchev–Trinajstić information content (AvgIpc) is 2.87. The Bertz CT molecular complexity index is 1430. The van der Waals surface area contributed by atoms with E-state index >= 15 is 0 Å². The molecule has 1 amide bonds. The fourth-order valence-corrected chi connectivity index (χ4v) is 4.07. The number of anilines is 1. The quantitative estimate of drug-likeness (QED) is 0.337. The van der Waals surface area contributed by atoms with Crippen LogP contribution in [0.5, 0.6) is 17.2 Å². The molecule has 5 rings (SSSR count). The van der Waals surface area contributed by atoms with E-state index in [0.717, 1.165) is 16.8 Å². The second-order valence-corrected chi connectivity index (χ2v) is 7.90. The third kappa shape index (κ3) is 4.03. The number of methoxy groups -OCH3 is 2. The van der Waals surface area contributed by atoms with Crippen LogP contribution in [-0.2, 0) is 11.2 Å². The maximum atomic E-state index is 13.3. The van der Waals surface area contributed by atoms with Crippen molar-refractivity contribution in [3.8, 4) is 28.5 Å². The van der Waals surface area contributed by atoms with Gasteiger partial charge in [0.25, 0.3) is 0 Å². The molecule has 7 nitrogen and oxygen atoms in total. The number of carbonyl (C=O) groups excluding carboxylic acids is 2. The summed E-state index contributed by atoms with van der Waals surface area (Å²) < 4.78 is 16.5. The minimum atomic E-state index is -0.486. The predicted molar refractivity (Wildman–Crippen MR) is 129 cm³/mol. The topological polar surface area (TPSA) is 86.8 Å². The smallest absolute Gasteiger partial charge is 0.344 e. The summed E-state index contributed by atoms with van der Waals surface area (Å²) in [5, 5.41) is 3.53. The van der Waals surface area contributed by atoms with E-state index in [1.807, 2.05) is 36.4 Å². The highest BCUT2D eigenvalue weighted by atomic mass is 16.5. The number of nitrogens with zero attached hydrogens (tertiary/aromatic N) is 1. The summed E-state index contributed by atoms with van der Waals surface area (Å²) in [4.78, 5) is 29.6. The highest BCUT2D eigenvalue weighted by Crippen LogP contribution is 2.34. The van der Waals surface area contributed by atoms with Gasteiger partial charge in [-0.15, -0.1) is 0 Å². The second kappa shape index (κ2) is 8.86. The van der Waals surface area contributed by atoms with Gasteiger partial charge in [0.05, 0.1) is 31.0 Å². The molecule has 0 aliphatic carbocycles. The van der Waals surface area contributed by atoms with E-state index in [2.05, 4.69) is 5.32 Å². The highest BCUT2D eigenvalue weighted by molar-refractivity contribution is 6.05. The fourth-order valence-electron chi connectivity index (χ4n) is 4.07. The number of hydrogen-bond acceptors (Lipinski definition) is 6. The Balaban J connectivity index is 1.53. The summed E-state index contributed by atoms with van der Waals surface area (Å²) in [7, 11) is 3.15. The van der Waals surface area contributed by atoms with Gasteiger partial charge in [0.2, 0.25) is 5.91 Å². The van der Waals surface area contributed by atoms with E-state index in [9.17, 15) is 9.59 Å². The van der Waals surface area contributed by atoms with Crippen molar-refractivity contribution in [3.63, 3.8) is 0 Å². The molecule has 7 heteroatoms. The van der Waals surface area contributed by atoms with E-state index in [4.69, 9.17) is 19.2 Å². The van der Waals surface area contributed by atoms with Crippen LogP contribution in [0.25, 0.3) is 22.2 Å². The summed E-state index contributed by atoms with van der Waals surface area (Å²) in [5.41, 5.74) is 4.16. The molecule has 170 valence electrons. The van der Waals surface area contributed by atoms with Crippen molar-refractivity contribution in [3.05, 3.63) is 77.9 Å². The predicted octanol–water partition coefficient (Wildman–Crippen LogP) is 5.02. The SMILES string of the molecule is COc1ccc(-c2cc(C(=O)Oc3ccc4c(c3)CCC(=O)N4)c3ccccc3n2)cc1OC. The lowest BCUT2D eigenvalue weighted by atomic mass is 10.0. The number of benzene rings is 3. The molecule has 0 saturated carbocycles. The maximum absolute atomic E-state index is 13.3. The van der Waals surface area contributed by atoms with Crippen molar-refractivity contribution < 1.29 is 23.8 Å². The van der Waals surface area contributed by atoms with Crippen molar-refractivity contribution in [1.29, 1.82) is 0 Å². The Morgan fingerprint density at radius 1 is 0.912 bits per heavy atom. The summed E-state index contributed by atoms with van der Waals surface area (Å²) in [6.45, 7) is 0. The number of amides is 1. The number of ether oxygens (including phenoxy) is 3. The monoisotopic (exact) mass is 454 g/mol. The largest absolute Gasteiger partial charge is 0.493 e. The lowest BCUT2D eigenvalue weighted by Gasteiger charge is -2.17. The zero-order valence-corrected chi connectivity index (χ0v) is 18.8. The molecule has 0 saturated heterocycles. The van der Waals surface area contributed by atoms with Gasteiger partial charge in [-0.2, -0.15) is 0 Å². The molecule has 1 aliphatic heterocycles. The maximum Gasteiger partial charge on any atom is 0.344 e. The fraction of sp³-hybridized carbons (Fsp3) is 0.148. The Hall–Kier alpha value is -4.39. The molecule has 3 aromatic carbocycles. The summed E-state index contributed by atoms with van der Waals surface area (Å²) >= 11 is 0. The van der Waals surface area contributed by atoms with Crippen LogP contribution in [0.3, 0.4) is 0 Å². The molecule has 4 aromatic rings. The molecule has 1 N–H and O–H groups in total. The first-order valence-electron chi connectivity index (χ1n) is 10.8. The van der Waals surface area contributed by atoms with Crippen LogP contribution < -0.4 is 19.5 Å². The van der Waals surface area contributed by atoms with Crippen LogP contribution in [0.1, 0.15) is 22.3 Å². The van der Waals surface area contributed by atoms with Gasteiger partial charge in [-0.1, -0.05) is 18.2 Å². The van der Waals surface area contributed by atoms with Crippen LogP contribution in [0.15, 0.2) is 66.7 Å². The van der Waals surface area contributed by atoms with Crippen LogP contribution in [0.2, 0.25) is 0 Å². The number of pyridine rings is 1. The molecule has 0 bridgehead atoms. The second-order valence-electron chi connectivity index (χ2n) is 7.90. The third-order valence-electron chi connectivity index (χ3n) is 5.80. The molecule has 0 fully saturated rings. The number of fused-ring (bicyclic) bond motifs is 2. The summed E-state index contributed by atoms with van der Waals surface area (Å²) in [6.07, 6.45) is 1.02. The van der Waals surface area contributed by atoms with Gasteiger partial charge in [-0.25, -0.2) is 9.78 Å². The van der Waals surface area contributed by atoms with Gasteiger partial charge >= 0.3 is 5.97 Å². The first-order chi connectivity index (χ1) is 16.6. The molecule has 34 heavy (non-hydrogen) atoms. The van der Waals surface area contributed by atoms with E-state index < -0.39 is 5.97 Å². The molecule has 1 aromatic heterocycles. The van der Waals surface area contributed by atoms with Crippen molar-refractivity contribution in [2.45, 2.75) is 12.8 Å². The Morgan fingerprint density at radius 3 is 2.56 bits per heavy atom. The minimum Gasteiger partial charge on any atom is -0.493 e. The lowest BCUT2D eigenvalue weighted by Crippen LogP contribution is -2.19. The number of carbonyl (C=O) groups is 2. The molecular formula is C27H22N2O5. The zero-order chi connectivity index (χ0) is 23.7. The zero-order valence-electron chi connectivity index (χ0n) is 18.8. The number of hydrogen-bond donors (Lipinski definition) is 1. The average molecular weight is 454 g/mol. The van der Waals surface area contributed by atoms with Crippen LogP contribution in [-0.4, -0.2) is 31.1 Å². The normalized spacial score (nSPS) is 12.6. The van der Waals surface area contributed by atoms with Crippen molar-refractivity contribution in [2.24, 2.45) is 0 Å². The number of aromatic nitrogens is 1. The number of aryl methyl sites for hydroxylation is 1. The van der Waals surface area contributed by atoms with Gasteiger partial charge in [-0.05, 0) is 60.5 Å². The molecule has 0 radical (unpaired) electrons. The molecular weight excluding hydrogens is 432 g/mol. The van der Waals surface area contributed by atoms with Crippen molar-refractivity contribution >= 4 is 28.5 Å². The number of esters is 1. The van der Waals surface area contributed by atoms with Crippen molar-refractivity contribution in [1.82, 2.24) is 4.98 Å². The Morgan fingerprint density at radius 2 is 1.74 bits per heavy atom. The van der Waals surface area contributed by atoms with E-state index in [0.29, 0.717) is 52.3 Å². The summed E-state index contributed by atoms with van der Waals surface area (Å²) in [5.74, 6) is 1.10. The Labute approximate surface area is 196 Å². The molecule has 2 heterocycles. The first kappa shape index (κ1) is 21.5. The standard InChI is InChI=1S/C27H22N2O5/c1-32-24-11-7-17(14-25(24)33-2)23-15-20(19-5-3-4-6-22(19)28-23)27(31)34-18-9-10-21-16(13-18)8-12-26(30)29-21/h3-7,9-11,13-15H,8,12H2,1-2H3,(H,29,30). The molecule has 0 spiro atoms. The van der Waals surface area contributed by atoms with Crippen LogP contribution >= 0.6 is 0 Å². The first-order valence-corrected chi connectivity index (χ1v) is 10.8. The molecule has 1 aliphatic rings. The lowest BCUT2D eigenvalue weighted by molar-refractivity contribution is -0.116. The van der Waals surface area contributed by atoms with E-state index in [1.54, 1.807) is 44.6 Å². The van der Waals surface area contributed by atoms with Gasteiger partial charge in [0.1, 0.15) is 5.75 Å². The Kier molecular flexibility index (Phi) is 5.59. The van der Waals surface area contributed by atoms with Crippen molar-refractivity contribution in [2.75, 3.05) is 19.5 Å². The number of nitrogens with one attached hydrogen (secondary N) is 1. The minimum absolute atomic E-state index is 0.0109. The van der Waals surface area contributed by atoms with Crippen LogP contribution in [0.4, 0.5) is 5.69 Å². The number of para-hydroxylation sites is 1. The molecule has 0 atom stereocenters. The third-order valence-corrected chi connectivity index (χ3v) is 5.80. The summed E-state index contributed by atoms with van der Waals surface area (Å²) in [6, 6.07) is 19.9. The van der Waals surface area contributed by atoms with Gasteiger partial charge in [-0.3, -0.25) is 4.79 Å². The van der Waals surface area contributed by atoms with E-state index in [1.165, 1.54) is 0 Å². The number of rotatable bonds is 5. The molecule has 0 unspecified atom stereocenters. The van der Waals surface area contributed by atoms with Gasteiger partial charge in [0.15, 0.2) is 11.5 Å². The van der Waals surface area contributed by atoms with Crippen LogP contribution in [0, 0.1) is 0 Å². The highest BCUT2D eigenvalue weighted by Gasteiger charge is 2.19. The van der Waals surface area contributed by atoms with Gasteiger partial charge < -0.3 is 19.5 Å². The van der Waals surface area contributed by atoms with E-state index in [-0.39, 0.29) is 5.91 Å². The van der Waals surface area contributed by atoms with Gasteiger partial charge in [0, 0.05) is 23.1 Å².